The summed E-state index contributed by atoms with van der Waals surface area (Å²) in [4.78, 5) is 6.99. The number of hydrogen-bond acceptors (Lipinski definition) is 3. The first-order valence-electron chi connectivity index (χ1n) is 6.93. The number of aryl methyl sites for hydroxylation is 1. The standard InChI is InChI=1S/C15H25N3/c1-12-5-8-17-14(13(12)11-16)18-9-4-6-15(2,3)7-10-18/h5,8H,4,6-7,9-11,16H2,1-3H3. The predicted molar refractivity (Wildman–Crippen MR) is 76.7 cm³/mol. The lowest BCUT2D eigenvalue weighted by molar-refractivity contribution is 0.325. The molecule has 1 fully saturated rings. The van der Waals surface area contributed by atoms with Crippen LogP contribution < -0.4 is 10.6 Å². The highest BCUT2D eigenvalue weighted by atomic mass is 15.2. The van der Waals surface area contributed by atoms with Gasteiger partial charge in [-0.1, -0.05) is 13.8 Å². The second-order valence-corrected chi connectivity index (χ2v) is 6.14. The van der Waals surface area contributed by atoms with Gasteiger partial charge in [-0.25, -0.2) is 4.98 Å². The fraction of sp³-hybridized carbons (Fsp3) is 0.667. The Morgan fingerprint density at radius 2 is 2.11 bits per heavy atom. The maximum Gasteiger partial charge on any atom is 0.133 e. The molecule has 2 rings (SSSR count). The molecule has 1 aromatic heterocycles. The molecule has 1 aromatic rings. The van der Waals surface area contributed by atoms with Crippen LogP contribution in [0.15, 0.2) is 12.3 Å². The number of aromatic nitrogens is 1. The van der Waals surface area contributed by atoms with Crippen LogP contribution in [-0.4, -0.2) is 18.1 Å². The number of hydrogen-bond donors (Lipinski definition) is 1. The van der Waals surface area contributed by atoms with Crippen LogP contribution in [0.5, 0.6) is 0 Å². The smallest absolute Gasteiger partial charge is 0.133 e. The van der Waals surface area contributed by atoms with Crippen LogP contribution >= 0.6 is 0 Å². The summed E-state index contributed by atoms with van der Waals surface area (Å²) in [6, 6.07) is 2.05. The van der Waals surface area contributed by atoms with Crippen molar-refractivity contribution < 1.29 is 0 Å². The van der Waals surface area contributed by atoms with E-state index in [2.05, 4.69) is 30.7 Å². The van der Waals surface area contributed by atoms with Gasteiger partial charge < -0.3 is 10.6 Å². The third-order valence-corrected chi connectivity index (χ3v) is 4.11. The monoisotopic (exact) mass is 247 g/mol. The van der Waals surface area contributed by atoms with Crippen molar-refractivity contribution in [2.45, 2.75) is 46.6 Å². The van der Waals surface area contributed by atoms with Crippen LogP contribution in [0.3, 0.4) is 0 Å². The van der Waals surface area contributed by atoms with Gasteiger partial charge in [-0.05, 0) is 43.2 Å². The minimum atomic E-state index is 0.460. The summed E-state index contributed by atoms with van der Waals surface area (Å²) in [5.41, 5.74) is 8.80. The van der Waals surface area contributed by atoms with Crippen molar-refractivity contribution in [2.24, 2.45) is 11.1 Å². The zero-order valence-electron chi connectivity index (χ0n) is 11.9. The normalized spacial score (nSPS) is 19.7. The van der Waals surface area contributed by atoms with Crippen molar-refractivity contribution in [3.8, 4) is 0 Å². The molecule has 1 aliphatic rings. The molecule has 100 valence electrons. The number of rotatable bonds is 2. The van der Waals surface area contributed by atoms with Crippen molar-refractivity contribution in [1.82, 2.24) is 4.98 Å². The van der Waals surface area contributed by atoms with Crippen LogP contribution in [0, 0.1) is 12.3 Å². The van der Waals surface area contributed by atoms with Crippen molar-refractivity contribution in [2.75, 3.05) is 18.0 Å². The van der Waals surface area contributed by atoms with Crippen LogP contribution in [0.25, 0.3) is 0 Å². The third-order valence-electron chi connectivity index (χ3n) is 4.11. The van der Waals surface area contributed by atoms with E-state index >= 15 is 0 Å². The quantitative estimate of drug-likeness (QED) is 0.873. The maximum absolute atomic E-state index is 5.88. The Balaban J connectivity index is 2.24. The number of nitrogens with two attached hydrogens (primary N) is 1. The van der Waals surface area contributed by atoms with E-state index < -0.39 is 0 Å². The van der Waals surface area contributed by atoms with Gasteiger partial charge in [0.25, 0.3) is 0 Å². The lowest BCUT2D eigenvalue weighted by atomic mass is 9.85. The molecule has 2 N–H and O–H groups in total. The van der Waals surface area contributed by atoms with Gasteiger partial charge in [0, 0.05) is 31.4 Å². The zero-order chi connectivity index (χ0) is 13.2. The molecule has 0 amide bonds. The topological polar surface area (TPSA) is 42.2 Å². The minimum Gasteiger partial charge on any atom is -0.356 e. The molecule has 0 saturated carbocycles. The Morgan fingerprint density at radius 1 is 1.33 bits per heavy atom. The molecule has 18 heavy (non-hydrogen) atoms. The van der Waals surface area contributed by atoms with E-state index in [1.54, 1.807) is 0 Å². The highest BCUT2D eigenvalue weighted by Gasteiger charge is 2.24. The number of nitrogens with zero attached hydrogens (tertiary/aromatic N) is 2. The van der Waals surface area contributed by atoms with Gasteiger partial charge in [0.1, 0.15) is 5.82 Å². The summed E-state index contributed by atoms with van der Waals surface area (Å²) >= 11 is 0. The summed E-state index contributed by atoms with van der Waals surface area (Å²) in [6.45, 7) is 9.63. The molecule has 0 radical (unpaired) electrons. The average molecular weight is 247 g/mol. The average Bonchev–Trinajstić information content (AvgIpc) is 2.50. The van der Waals surface area contributed by atoms with E-state index in [1.807, 2.05) is 12.3 Å². The van der Waals surface area contributed by atoms with Crippen LogP contribution in [0.1, 0.15) is 44.2 Å². The zero-order valence-corrected chi connectivity index (χ0v) is 11.9. The second kappa shape index (κ2) is 5.27. The second-order valence-electron chi connectivity index (χ2n) is 6.14. The van der Waals surface area contributed by atoms with E-state index in [0.29, 0.717) is 12.0 Å². The van der Waals surface area contributed by atoms with Crippen molar-refractivity contribution in [1.29, 1.82) is 0 Å². The molecular formula is C15H25N3. The van der Waals surface area contributed by atoms with Crippen molar-refractivity contribution in [3.05, 3.63) is 23.4 Å². The summed E-state index contributed by atoms with van der Waals surface area (Å²) in [7, 11) is 0. The molecule has 3 heteroatoms. The highest BCUT2D eigenvalue weighted by Crippen LogP contribution is 2.32. The molecule has 0 aliphatic carbocycles. The van der Waals surface area contributed by atoms with Crippen molar-refractivity contribution in [3.63, 3.8) is 0 Å². The van der Waals surface area contributed by atoms with Gasteiger partial charge in [0.15, 0.2) is 0 Å². The number of pyridine rings is 1. The van der Waals surface area contributed by atoms with Crippen molar-refractivity contribution >= 4 is 5.82 Å². The van der Waals surface area contributed by atoms with E-state index in [1.165, 1.54) is 30.4 Å². The lowest BCUT2D eigenvalue weighted by Gasteiger charge is -2.26. The minimum absolute atomic E-state index is 0.460. The van der Waals surface area contributed by atoms with E-state index in [0.717, 1.165) is 18.9 Å². The van der Waals surface area contributed by atoms with E-state index in [9.17, 15) is 0 Å². The Morgan fingerprint density at radius 3 is 2.83 bits per heavy atom. The molecule has 2 heterocycles. The number of anilines is 1. The summed E-state index contributed by atoms with van der Waals surface area (Å²) in [5, 5.41) is 0. The molecule has 0 bridgehead atoms. The van der Waals surface area contributed by atoms with Crippen LogP contribution in [0.2, 0.25) is 0 Å². The summed E-state index contributed by atoms with van der Waals surface area (Å²) in [5.74, 6) is 1.11. The molecule has 0 aromatic carbocycles. The van der Waals surface area contributed by atoms with Gasteiger partial charge in [0.05, 0.1) is 0 Å². The van der Waals surface area contributed by atoms with Gasteiger partial charge in [0.2, 0.25) is 0 Å². The molecule has 1 saturated heterocycles. The van der Waals surface area contributed by atoms with Gasteiger partial charge in [-0.15, -0.1) is 0 Å². The fourth-order valence-corrected chi connectivity index (χ4v) is 2.73. The SMILES string of the molecule is Cc1ccnc(N2CCCC(C)(C)CC2)c1CN. The Labute approximate surface area is 110 Å². The molecule has 0 atom stereocenters. The Bertz CT molecular complexity index is 412. The molecule has 0 unspecified atom stereocenters. The fourth-order valence-electron chi connectivity index (χ4n) is 2.73. The largest absolute Gasteiger partial charge is 0.356 e. The van der Waals surface area contributed by atoms with Gasteiger partial charge in [-0.2, -0.15) is 0 Å². The Hall–Kier alpha value is -1.09. The third kappa shape index (κ3) is 2.83. The van der Waals surface area contributed by atoms with E-state index in [4.69, 9.17) is 5.73 Å². The van der Waals surface area contributed by atoms with Crippen LogP contribution in [0.4, 0.5) is 5.82 Å². The molecule has 0 spiro atoms. The molecular weight excluding hydrogens is 222 g/mol. The molecule has 1 aliphatic heterocycles. The van der Waals surface area contributed by atoms with Crippen LogP contribution in [-0.2, 0) is 6.54 Å². The first-order valence-corrected chi connectivity index (χ1v) is 6.93. The molecule has 3 nitrogen and oxygen atoms in total. The summed E-state index contributed by atoms with van der Waals surface area (Å²) in [6.07, 6.45) is 5.67. The maximum atomic E-state index is 5.88. The Kier molecular flexibility index (Phi) is 3.91. The van der Waals surface area contributed by atoms with Gasteiger partial charge >= 0.3 is 0 Å². The predicted octanol–water partition coefficient (Wildman–Crippen LogP) is 2.87. The summed E-state index contributed by atoms with van der Waals surface area (Å²) < 4.78 is 0. The van der Waals surface area contributed by atoms with E-state index in [-0.39, 0.29) is 0 Å². The van der Waals surface area contributed by atoms with Gasteiger partial charge in [-0.3, -0.25) is 0 Å². The highest BCUT2D eigenvalue weighted by molar-refractivity contribution is 5.50. The lowest BCUT2D eigenvalue weighted by Crippen LogP contribution is -2.27. The first kappa shape index (κ1) is 13.3. The first-order chi connectivity index (χ1) is 8.53.